The first-order chi connectivity index (χ1) is 22.8. The predicted molar refractivity (Wildman–Crippen MR) is 202 cm³/mol. The van der Waals surface area contributed by atoms with Crippen LogP contribution in [0.2, 0.25) is 0 Å². The van der Waals surface area contributed by atoms with E-state index in [9.17, 15) is 22.9 Å². The number of aliphatic hydroxyl groups is 1. The van der Waals surface area contributed by atoms with Gasteiger partial charge in [0.05, 0.1) is 17.9 Å². The van der Waals surface area contributed by atoms with Crippen LogP contribution in [-0.2, 0) is 14.9 Å². The van der Waals surface area contributed by atoms with Crippen LogP contribution in [0.15, 0.2) is 97.2 Å². The third kappa shape index (κ3) is 34.4. The maximum Gasteiger partial charge on any atom is 0.267 e. The molecule has 0 aliphatic carbocycles. The van der Waals surface area contributed by atoms with Crippen LogP contribution in [0.25, 0.3) is 0 Å². The van der Waals surface area contributed by atoms with Crippen molar-refractivity contribution < 1.29 is 22.9 Å². The van der Waals surface area contributed by atoms with Crippen molar-refractivity contribution in [3.05, 3.63) is 97.2 Å². The molecule has 0 aliphatic rings. The van der Waals surface area contributed by atoms with Crippen molar-refractivity contribution in [2.45, 2.75) is 142 Å². The molecule has 0 spiro atoms. The van der Waals surface area contributed by atoms with Crippen LogP contribution in [0.4, 0.5) is 0 Å². The summed E-state index contributed by atoms with van der Waals surface area (Å²) in [5, 5.41) is 13.1. The number of hydrogen-bond donors (Lipinski definition) is 3. The van der Waals surface area contributed by atoms with E-state index in [0.717, 1.165) is 64.2 Å². The molecule has 0 rings (SSSR count). The SMILES string of the molecule is CC/C=C\C/C=C\C/C=C\C/C=C\C/C=C\C/C=C\CCCCC(=O)NC(CS(=O)(=O)O)C(O)/C=C/CC/C=C/CCCCCCC. The van der Waals surface area contributed by atoms with Gasteiger partial charge in [0.25, 0.3) is 10.1 Å². The first-order valence-corrected chi connectivity index (χ1v) is 19.5. The molecule has 2 unspecified atom stereocenters. The van der Waals surface area contributed by atoms with Crippen LogP contribution >= 0.6 is 0 Å². The van der Waals surface area contributed by atoms with Gasteiger partial charge in [0.1, 0.15) is 0 Å². The number of allylic oxidation sites excluding steroid dienone is 15. The van der Waals surface area contributed by atoms with Crippen molar-refractivity contribution in [2.75, 3.05) is 5.75 Å². The van der Waals surface area contributed by atoms with Gasteiger partial charge in [-0.2, -0.15) is 8.42 Å². The summed E-state index contributed by atoms with van der Waals surface area (Å²) in [7, 11) is -4.37. The summed E-state index contributed by atoms with van der Waals surface area (Å²) in [5.41, 5.74) is 0. The van der Waals surface area contributed by atoms with Gasteiger partial charge in [-0.3, -0.25) is 9.35 Å². The van der Waals surface area contributed by atoms with Crippen molar-refractivity contribution in [2.24, 2.45) is 0 Å². The quantitative estimate of drug-likeness (QED) is 0.0401. The first-order valence-electron chi connectivity index (χ1n) is 17.9. The minimum absolute atomic E-state index is 0.226. The molecule has 2 atom stereocenters. The summed E-state index contributed by atoms with van der Waals surface area (Å²) < 4.78 is 32.3. The lowest BCUT2D eigenvalue weighted by Gasteiger charge is -2.21. The highest BCUT2D eigenvalue weighted by molar-refractivity contribution is 7.85. The number of rotatable bonds is 30. The normalized spacial score (nSPS) is 14.6. The fraction of sp³-hybridized carbons (Fsp3) is 0.575. The maximum atomic E-state index is 12.4. The topological polar surface area (TPSA) is 104 Å². The highest BCUT2D eigenvalue weighted by Gasteiger charge is 2.24. The zero-order valence-corrected chi connectivity index (χ0v) is 30.2. The Morgan fingerprint density at radius 2 is 1.04 bits per heavy atom. The molecule has 0 saturated heterocycles. The summed E-state index contributed by atoms with van der Waals surface area (Å²) in [4.78, 5) is 12.4. The summed E-state index contributed by atoms with van der Waals surface area (Å²) in [5.74, 6) is -1.07. The second kappa shape index (κ2) is 33.2. The lowest BCUT2D eigenvalue weighted by atomic mass is 10.1. The number of aliphatic hydroxyl groups excluding tert-OH is 1. The fourth-order valence-electron chi connectivity index (χ4n) is 4.58. The molecule has 1 amide bonds. The van der Waals surface area contributed by atoms with Crippen molar-refractivity contribution in [1.29, 1.82) is 0 Å². The Hall–Kier alpha value is -2.74. The largest absolute Gasteiger partial charge is 0.387 e. The lowest BCUT2D eigenvalue weighted by Crippen LogP contribution is -2.46. The maximum absolute atomic E-state index is 12.4. The van der Waals surface area contributed by atoms with Crippen molar-refractivity contribution >= 4 is 16.0 Å². The summed E-state index contributed by atoms with van der Waals surface area (Å²) in [6.45, 7) is 4.35. The molecular weight excluding hydrogens is 607 g/mol. The molecule has 0 bridgehead atoms. The van der Waals surface area contributed by atoms with Crippen molar-refractivity contribution in [3.8, 4) is 0 Å². The molecule has 47 heavy (non-hydrogen) atoms. The van der Waals surface area contributed by atoms with Crippen LogP contribution in [0, 0.1) is 0 Å². The number of nitrogens with one attached hydrogen (secondary N) is 1. The van der Waals surface area contributed by atoms with Gasteiger partial charge in [0.2, 0.25) is 5.91 Å². The van der Waals surface area contributed by atoms with Crippen LogP contribution in [0.1, 0.15) is 129 Å². The number of amides is 1. The smallest absolute Gasteiger partial charge is 0.267 e. The molecule has 3 N–H and O–H groups in total. The first kappa shape index (κ1) is 44.3. The van der Waals surface area contributed by atoms with E-state index in [0.29, 0.717) is 12.8 Å². The molecule has 0 aromatic heterocycles. The average Bonchev–Trinajstić information content (AvgIpc) is 3.03. The van der Waals surface area contributed by atoms with E-state index in [-0.39, 0.29) is 12.3 Å². The predicted octanol–water partition coefficient (Wildman–Crippen LogP) is 10.2. The van der Waals surface area contributed by atoms with E-state index in [4.69, 9.17) is 0 Å². The zero-order chi connectivity index (χ0) is 34.7. The Morgan fingerprint density at radius 3 is 1.57 bits per heavy atom. The number of hydrogen-bond acceptors (Lipinski definition) is 4. The third-order valence-corrected chi connectivity index (χ3v) is 8.02. The average molecular weight is 672 g/mol. The number of carbonyl (C=O) groups is 1. The van der Waals surface area contributed by atoms with E-state index >= 15 is 0 Å². The summed E-state index contributed by atoms with van der Waals surface area (Å²) >= 11 is 0. The van der Waals surface area contributed by atoms with Gasteiger partial charge in [-0.15, -0.1) is 0 Å². The monoisotopic (exact) mass is 671 g/mol. The van der Waals surface area contributed by atoms with E-state index < -0.39 is 28.0 Å². The van der Waals surface area contributed by atoms with Crippen molar-refractivity contribution in [3.63, 3.8) is 0 Å². The van der Waals surface area contributed by atoms with Crippen LogP contribution in [0.5, 0.6) is 0 Å². The standard InChI is InChI=1S/C40H65NO5S/c1-3-5-7-9-11-13-15-16-17-18-19-20-21-22-23-24-26-28-30-32-34-36-40(43)41-38(37-47(44,45)46)39(42)35-33-31-29-27-25-14-12-10-8-6-4-2/h5,7,11,13,16-17,19-20,22-23,25-28,33,35,38-39,42H,3-4,6,8-10,12,14-15,18,21,24,29-32,34,36-37H2,1-2H3,(H,41,43)(H,44,45,46)/b7-5-,13-11-,17-16-,20-19-,23-22-,27-25+,28-26-,35-33+. The molecule has 6 nitrogen and oxygen atoms in total. The van der Waals surface area contributed by atoms with E-state index in [1.807, 2.05) is 0 Å². The van der Waals surface area contributed by atoms with E-state index in [1.165, 1.54) is 38.2 Å². The molecule has 0 aliphatic heterocycles. The number of carbonyl (C=O) groups excluding carboxylic acids is 1. The molecule has 0 saturated carbocycles. The van der Waals surface area contributed by atoms with Gasteiger partial charge in [-0.25, -0.2) is 0 Å². The van der Waals surface area contributed by atoms with Gasteiger partial charge in [-0.05, 0) is 83.5 Å². The number of unbranched alkanes of at least 4 members (excludes halogenated alkanes) is 8. The lowest BCUT2D eigenvalue weighted by molar-refractivity contribution is -0.122. The van der Waals surface area contributed by atoms with E-state index in [2.05, 4.69) is 104 Å². The molecule has 266 valence electrons. The Kier molecular flexibility index (Phi) is 31.2. The third-order valence-electron chi connectivity index (χ3n) is 7.24. The Labute approximate surface area is 288 Å². The Bertz CT molecular complexity index is 1100. The molecule has 0 radical (unpaired) electrons. The second-order valence-electron chi connectivity index (χ2n) is 11.8. The highest BCUT2D eigenvalue weighted by atomic mass is 32.2. The minimum Gasteiger partial charge on any atom is -0.387 e. The highest BCUT2D eigenvalue weighted by Crippen LogP contribution is 2.08. The van der Waals surface area contributed by atoms with Gasteiger partial charge in [0, 0.05) is 6.42 Å². The Morgan fingerprint density at radius 1 is 0.596 bits per heavy atom. The molecule has 7 heteroatoms. The molecule has 0 fully saturated rings. The van der Waals surface area contributed by atoms with Crippen molar-refractivity contribution in [1.82, 2.24) is 5.32 Å². The van der Waals surface area contributed by atoms with Gasteiger partial charge in [0.15, 0.2) is 0 Å². The molecule has 0 heterocycles. The molecule has 0 aromatic carbocycles. The minimum atomic E-state index is -4.37. The van der Waals surface area contributed by atoms with Crippen LogP contribution in [0.3, 0.4) is 0 Å². The van der Waals surface area contributed by atoms with Gasteiger partial charge >= 0.3 is 0 Å². The zero-order valence-electron chi connectivity index (χ0n) is 29.4. The fourth-order valence-corrected chi connectivity index (χ4v) is 5.32. The summed E-state index contributed by atoms with van der Waals surface area (Å²) in [6, 6.07) is -1.10. The molecule has 0 aromatic rings. The second-order valence-corrected chi connectivity index (χ2v) is 13.3. The molecular formula is C40H65NO5S. The van der Waals surface area contributed by atoms with Crippen LogP contribution < -0.4 is 5.32 Å². The van der Waals surface area contributed by atoms with Gasteiger partial charge < -0.3 is 10.4 Å². The van der Waals surface area contributed by atoms with Gasteiger partial charge in [-0.1, -0.05) is 137 Å². The van der Waals surface area contributed by atoms with Crippen LogP contribution in [-0.4, -0.2) is 41.9 Å². The van der Waals surface area contributed by atoms with E-state index in [1.54, 1.807) is 6.08 Å². The Balaban J connectivity index is 4.15. The summed E-state index contributed by atoms with van der Waals surface area (Å²) in [6.07, 6.45) is 49.6.